The quantitative estimate of drug-likeness (QED) is 0.835. The van der Waals surface area contributed by atoms with Gasteiger partial charge in [-0.2, -0.15) is 5.10 Å². The van der Waals surface area contributed by atoms with Crippen molar-refractivity contribution in [1.82, 2.24) is 25.3 Å². The first-order chi connectivity index (χ1) is 9.10. The topological polar surface area (TPSA) is 84.7 Å². The van der Waals surface area contributed by atoms with Crippen LogP contribution in [0.5, 0.6) is 0 Å². The predicted molar refractivity (Wildman–Crippen MR) is 70.7 cm³/mol. The number of carbonyl (C=O) groups excluding carboxylic acids is 1. The molecule has 0 aliphatic rings. The van der Waals surface area contributed by atoms with Gasteiger partial charge in [-0.1, -0.05) is 0 Å². The average Bonchev–Trinajstić information content (AvgIpc) is 2.74. The van der Waals surface area contributed by atoms with E-state index < -0.39 is 0 Å². The number of carbonyl (C=O) groups is 1. The highest BCUT2D eigenvalue weighted by molar-refractivity contribution is 5.92. The second-order valence-electron chi connectivity index (χ2n) is 4.15. The maximum absolute atomic E-state index is 11.9. The summed E-state index contributed by atoms with van der Waals surface area (Å²) in [5.74, 6) is 0.373. The van der Waals surface area contributed by atoms with Gasteiger partial charge < -0.3 is 10.6 Å². The first-order valence-electron chi connectivity index (χ1n) is 5.89. The summed E-state index contributed by atoms with van der Waals surface area (Å²) in [5.41, 5.74) is 2.18. The first-order valence-corrected chi connectivity index (χ1v) is 5.89. The molecule has 0 spiro atoms. The standard InChI is InChI=1S/C12H16N6O/c1-8-9(7-18(3)17-8)6-14-12(19)10-4-5-11(13-2)16-15-10/h4-5,7H,6H2,1-3H3,(H,13,16)(H,14,19). The molecular weight excluding hydrogens is 244 g/mol. The largest absolute Gasteiger partial charge is 0.372 e. The van der Waals surface area contributed by atoms with Gasteiger partial charge >= 0.3 is 0 Å². The number of hydrogen-bond acceptors (Lipinski definition) is 5. The lowest BCUT2D eigenvalue weighted by Gasteiger charge is -2.04. The van der Waals surface area contributed by atoms with Crippen LogP contribution in [-0.4, -0.2) is 32.9 Å². The number of hydrogen-bond donors (Lipinski definition) is 2. The highest BCUT2D eigenvalue weighted by Gasteiger charge is 2.09. The molecule has 100 valence electrons. The van der Waals surface area contributed by atoms with E-state index in [1.165, 1.54) is 0 Å². The fraction of sp³-hybridized carbons (Fsp3) is 0.333. The molecule has 0 aliphatic heterocycles. The Balaban J connectivity index is 1.99. The minimum Gasteiger partial charge on any atom is -0.372 e. The van der Waals surface area contributed by atoms with Gasteiger partial charge in [0, 0.05) is 32.4 Å². The minimum atomic E-state index is -0.251. The zero-order valence-corrected chi connectivity index (χ0v) is 11.1. The Labute approximate surface area is 111 Å². The molecule has 7 nitrogen and oxygen atoms in total. The van der Waals surface area contributed by atoms with Crippen molar-refractivity contribution in [1.29, 1.82) is 0 Å². The molecule has 0 aromatic carbocycles. The van der Waals surface area contributed by atoms with Crippen LogP contribution < -0.4 is 10.6 Å². The van der Waals surface area contributed by atoms with E-state index in [4.69, 9.17) is 0 Å². The summed E-state index contributed by atoms with van der Waals surface area (Å²) in [6, 6.07) is 3.33. The second-order valence-corrected chi connectivity index (χ2v) is 4.15. The Morgan fingerprint density at radius 3 is 2.68 bits per heavy atom. The van der Waals surface area contributed by atoms with Gasteiger partial charge in [0.1, 0.15) is 5.82 Å². The molecule has 0 fully saturated rings. The molecule has 7 heteroatoms. The Morgan fingerprint density at radius 2 is 2.16 bits per heavy atom. The van der Waals surface area contributed by atoms with Crippen molar-refractivity contribution in [2.45, 2.75) is 13.5 Å². The summed E-state index contributed by atoms with van der Waals surface area (Å²) >= 11 is 0. The van der Waals surface area contributed by atoms with Crippen molar-refractivity contribution in [3.8, 4) is 0 Å². The lowest BCUT2D eigenvalue weighted by Crippen LogP contribution is -2.24. The Kier molecular flexibility index (Phi) is 3.74. The van der Waals surface area contributed by atoms with Gasteiger partial charge in [-0.05, 0) is 19.1 Å². The van der Waals surface area contributed by atoms with Crippen molar-refractivity contribution in [3.63, 3.8) is 0 Å². The van der Waals surface area contributed by atoms with Crippen LogP contribution in [0.15, 0.2) is 18.3 Å². The van der Waals surface area contributed by atoms with E-state index in [2.05, 4.69) is 25.9 Å². The molecule has 0 aliphatic carbocycles. The van der Waals surface area contributed by atoms with Gasteiger partial charge in [-0.25, -0.2) is 0 Å². The van der Waals surface area contributed by atoms with Crippen molar-refractivity contribution in [3.05, 3.63) is 35.3 Å². The maximum Gasteiger partial charge on any atom is 0.272 e. The normalized spacial score (nSPS) is 10.3. The van der Waals surface area contributed by atoms with Crippen molar-refractivity contribution < 1.29 is 4.79 Å². The van der Waals surface area contributed by atoms with Crippen molar-refractivity contribution >= 4 is 11.7 Å². The number of rotatable bonds is 4. The van der Waals surface area contributed by atoms with E-state index in [1.807, 2.05) is 20.2 Å². The van der Waals surface area contributed by atoms with Gasteiger partial charge in [0.05, 0.1) is 5.69 Å². The van der Waals surface area contributed by atoms with E-state index in [0.29, 0.717) is 18.1 Å². The molecule has 2 aromatic rings. The van der Waals surface area contributed by atoms with Crippen LogP contribution in [0.25, 0.3) is 0 Å². The molecule has 2 rings (SSSR count). The van der Waals surface area contributed by atoms with Crippen LogP contribution in [0.3, 0.4) is 0 Å². The zero-order chi connectivity index (χ0) is 13.8. The zero-order valence-electron chi connectivity index (χ0n) is 11.1. The van der Waals surface area contributed by atoms with Gasteiger partial charge in [-0.15, -0.1) is 10.2 Å². The minimum absolute atomic E-state index is 0.251. The Hall–Kier alpha value is -2.44. The smallest absolute Gasteiger partial charge is 0.272 e. The molecule has 2 heterocycles. The fourth-order valence-corrected chi connectivity index (χ4v) is 1.67. The van der Waals surface area contributed by atoms with Gasteiger partial charge in [-0.3, -0.25) is 9.48 Å². The molecular formula is C12H16N6O. The molecule has 2 aromatic heterocycles. The molecule has 1 amide bonds. The molecule has 0 saturated heterocycles. The van der Waals surface area contributed by atoms with E-state index in [-0.39, 0.29) is 5.91 Å². The molecule has 0 saturated carbocycles. The number of nitrogens with one attached hydrogen (secondary N) is 2. The van der Waals surface area contributed by atoms with Crippen LogP contribution >= 0.6 is 0 Å². The summed E-state index contributed by atoms with van der Waals surface area (Å²) in [5, 5.41) is 17.6. The molecule has 0 unspecified atom stereocenters. The SMILES string of the molecule is CNc1ccc(C(=O)NCc2cn(C)nc2C)nn1. The summed E-state index contributed by atoms with van der Waals surface area (Å²) in [7, 11) is 3.59. The van der Waals surface area contributed by atoms with Crippen LogP contribution in [-0.2, 0) is 13.6 Å². The van der Waals surface area contributed by atoms with Crippen molar-refractivity contribution in [2.24, 2.45) is 7.05 Å². The highest BCUT2D eigenvalue weighted by atomic mass is 16.1. The Bertz CT molecular complexity index is 574. The van der Waals surface area contributed by atoms with Crippen LogP contribution in [0, 0.1) is 6.92 Å². The van der Waals surface area contributed by atoms with E-state index in [9.17, 15) is 4.79 Å². The predicted octanol–water partition coefficient (Wildman–Crippen LogP) is 0.490. The lowest BCUT2D eigenvalue weighted by atomic mass is 10.2. The molecule has 0 atom stereocenters. The third kappa shape index (κ3) is 3.06. The number of aromatic nitrogens is 4. The van der Waals surface area contributed by atoms with Crippen LogP contribution in [0.4, 0.5) is 5.82 Å². The summed E-state index contributed by atoms with van der Waals surface area (Å²) < 4.78 is 1.72. The monoisotopic (exact) mass is 260 g/mol. The number of nitrogens with zero attached hydrogens (tertiary/aromatic N) is 4. The third-order valence-electron chi connectivity index (χ3n) is 2.71. The molecule has 0 bridgehead atoms. The third-order valence-corrected chi connectivity index (χ3v) is 2.71. The lowest BCUT2D eigenvalue weighted by molar-refractivity contribution is 0.0945. The average molecular weight is 260 g/mol. The fourth-order valence-electron chi connectivity index (χ4n) is 1.67. The molecule has 0 radical (unpaired) electrons. The summed E-state index contributed by atoms with van der Waals surface area (Å²) in [4.78, 5) is 11.9. The Morgan fingerprint density at radius 1 is 1.37 bits per heavy atom. The van der Waals surface area contributed by atoms with E-state index in [0.717, 1.165) is 11.3 Å². The van der Waals surface area contributed by atoms with Crippen LogP contribution in [0.1, 0.15) is 21.7 Å². The molecule has 19 heavy (non-hydrogen) atoms. The van der Waals surface area contributed by atoms with Gasteiger partial charge in [0.25, 0.3) is 5.91 Å². The highest BCUT2D eigenvalue weighted by Crippen LogP contribution is 2.05. The number of aryl methyl sites for hydroxylation is 2. The van der Waals surface area contributed by atoms with Gasteiger partial charge in [0.15, 0.2) is 5.69 Å². The van der Waals surface area contributed by atoms with E-state index >= 15 is 0 Å². The first kappa shape index (κ1) is 13.0. The van der Waals surface area contributed by atoms with Gasteiger partial charge in [0.2, 0.25) is 0 Å². The number of amides is 1. The maximum atomic E-state index is 11.9. The summed E-state index contributed by atoms with van der Waals surface area (Å²) in [6.45, 7) is 2.33. The van der Waals surface area contributed by atoms with E-state index in [1.54, 1.807) is 23.9 Å². The van der Waals surface area contributed by atoms with Crippen molar-refractivity contribution in [2.75, 3.05) is 12.4 Å². The number of anilines is 1. The molecule has 2 N–H and O–H groups in total. The van der Waals surface area contributed by atoms with Crippen LogP contribution in [0.2, 0.25) is 0 Å². The second kappa shape index (κ2) is 5.47. The summed E-state index contributed by atoms with van der Waals surface area (Å²) in [6.07, 6.45) is 1.88.